The molecule has 8 heteroatoms. The van der Waals surface area contributed by atoms with Crippen LogP contribution in [0.4, 0.5) is 0 Å². The maximum atomic E-state index is 12.2. The number of carboxylic acids is 1. The zero-order chi connectivity index (χ0) is 16.4. The zero-order valence-corrected chi connectivity index (χ0v) is 13.1. The number of rotatable bonds is 6. The number of carbonyl (C=O) groups is 1. The Morgan fingerprint density at radius 3 is 2.38 bits per heavy atom. The minimum Gasteiger partial charge on any atom is -0.496 e. The van der Waals surface area contributed by atoms with Crippen LogP contribution in [0.2, 0.25) is 0 Å². The van der Waals surface area contributed by atoms with Crippen molar-refractivity contribution in [1.29, 1.82) is 0 Å². The SMILES string of the molecule is COc1ccc(S(=O)(=O)NCC(C)(O)C(=O)O)c(C)c1C. The topological polar surface area (TPSA) is 113 Å². The van der Waals surface area contributed by atoms with E-state index < -0.39 is 28.1 Å². The standard InChI is InChI=1S/C13H19NO6S/c1-8-9(2)11(6-5-10(8)20-4)21(18,19)14-7-13(3,17)12(15)16/h5-6,14,17H,7H2,1-4H3,(H,15,16). The molecule has 0 fully saturated rings. The molecule has 0 saturated carbocycles. The van der Waals surface area contributed by atoms with Crippen molar-refractivity contribution in [3.8, 4) is 5.75 Å². The number of aliphatic carboxylic acids is 1. The number of hydrogen-bond acceptors (Lipinski definition) is 5. The molecular formula is C13H19NO6S. The fourth-order valence-corrected chi connectivity index (χ4v) is 3.10. The quantitative estimate of drug-likeness (QED) is 0.701. The number of methoxy groups -OCH3 is 1. The molecule has 0 aliphatic carbocycles. The summed E-state index contributed by atoms with van der Waals surface area (Å²) < 4.78 is 31.6. The van der Waals surface area contributed by atoms with Crippen molar-refractivity contribution in [3.63, 3.8) is 0 Å². The Bertz CT molecular complexity index is 651. The summed E-state index contributed by atoms with van der Waals surface area (Å²) >= 11 is 0. The van der Waals surface area contributed by atoms with E-state index in [-0.39, 0.29) is 4.90 Å². The first kappa shape index (κ1) is 17.4. The number of sulfonamides is 1. The van der Waals surface area contributed by atoms with Crippen molar-refractivity contribution >= 4 is 16.0 Å². The summed E-state index contributed by atoms with van der Waals surface area (Å²) in [5.74, 6) is -0.947. The van der Waals surface area contributed by atoms with Crippen molar-refractivity contribution in [2.24, 2.45) is 0 Å². The van der Waals surface area contributed by atoms with Gasteiger partial charge in [-0.3, -0.25) is 0 Å². The van der Waals surface area contributed by atoms with Crippen LogP contribution >= 0.6 is 0 Å². The summed E-state index contributed by atoms with van der Waals surface area (Å²) in [7, 11) is -2.45. The molecule has 3 N–H and O–H groups in total. The van der Waals surface area contributed by atoms with Gasteiger partial charge in [0, 0.05) is 0 Å². The van der Waals surface area contributed by atoms with E-state index in [0.717, 1.165) is 6.92 Å². The third-order valence-electron chi connectivity index (χ3n) is 3.26. The molecule has 1 rings (SSSR count). The fourth-order valence-electron chi connectivity index (χ4n) is 1.67. The molecule has 1 aromatic rings. The normalized spacial score (nSPS) is 14.5. The van der Waals surface area contributed by atoms with Gasteiger partial charge in [-0.1, -0.05) is 0 Å². The van der Waals surface area contributed by atoms with Gasteiger partial charge >= 0.3 is 5.97 Å². The molecule has 21 heavy (non-hydrogen) atoms. The van der Waals surface area contributed by atoms with Gasteiger partial charge in [0.15, 0.2) is 5.60 Å². The summed E-state index contributed by atoms with van der Waals surface area (Å²) in [5, 5.41) is 18.3. The molecule has 0 amide bonds. The average molecular weight is 317 g/mol. The number of aliphatic hydroxyl groups is 1. The van der Waals surface area contributed by atoms with Gasteiger partial charge in [0.2, 0.25) is 10.0 Å². The van der Waals surface area contributed by atoms with Crippen LogP contribution in [0.1, 0.15) is 18.1 Å². The largest absolute Gasteiger partial charge is 0.496 e. The monoisotopic (exact) mass is 317 g/mol. The molecule has 0 saturated heterocycles. The van der Waals surface area contributed by atoms with Crippen LogP contribution in [0.5, 0.6) is 5.75 Å². The van der Waals surface area contributed by atoms with Gasteiger partial charge in [-0.25, -0.2) is 17.9 Å². The smallest absolute Gasteiger partial charge is 0.336 e. The Hall–Kier alpha value is -1.64. The second kappa shape index (κ2) is 6.00. The fraction of sp³-hybridized carbons (Fsp3) is 0.462. The molecule has 7 nitrogen and oxygen atoms in total. The van der Waals surface area contributed by atoms with Gasteiger partial charge in [0.25, 0.3) is 0 Å². The van der Waals surface area contributed by atoms with Crippen LogP contribution in [-0.2, 0) is 14.8 Å². The van der Waals surface area contributed by atoms with E-state index in [9.17, 15) is 18.3 Å². The van der Waals surface area contributed by atoms with Crippen molar-refractivity contribution in [1.82, 2.24) is 4.72 Å². The summed E-state index contributed by atoms with van der Waals surface area (Å²) in [5.41, 5.74) is -1.01. The van der Waals surface area contributed by atoms with Crippen LogP contribution < -0.4 is 9.46 Å². The molecule has 1 unspecified atom stereocenters. The lowest BCUT2D eigenvalue weighted by atomic mass is 10.1. The van der Waals surface area contributed by atoms with Crippen LogP contribution in [-0.4, -0.2) is 43.9 Å². The molecule has 1 aromatic carbocycles. The predicted molar refractivity (Wildman–Crippen MR) is 75.9 cm³/mol. The predicted octanol–water partition coefficient (Wildman–Crippen LogP) is 0.426. The molecule has 0 spiro atoms. The zero-order valence-electron chi connectivity index (χ0n) is 12.3. The highest BCUT2D eigenvalue weighted by atomic mass is 32.2. The van der Waals surface area contributed by atoms with Gasteiger partial charge < -0.3 is 14.9 Å². The molecule has 0 aliphatic rings. The van der Waals surface area contributed by atoms with Crippen LogP contribution in [0.15, 0.2) is 17.0 Å². The van der Waals surface area contributed by atoms with Gasteiger partial charge in [0.05, 0.1) is 18.6 Å². The average Bonchev–Trinajstić information content (AvgIpc) is 2.39. The summed E-state index contributed by atoms with van der Waals surface area (Å²) in [6.07, 6.45) is 0. The van der Waals surface area contributed by atoms with Crippen molar-refractivity contribution in [2.45, 2.75) is 31.3 Å². The van der Waals surface area contributed by atoms with Gasteiger partial charge in [-0.15, -0.1) is 0 Å². The Balaban J connectivity index is 3.10. The van der Waals surface area contributed by atoms with E-state index in [1.165, 1.54) is 19.2 Å². The number of nitrogens with one attached hydrogen (secondary N) is 1. The minimum atomic E-state index is -3.93. The molecule has 0 bridgehead atoms. The highest BCUT2D eigenvalue weighted by molar-refractivity contribution is 7.89. The Kier molecular flexibility index (Phi) is 4.98. The molecular weight excluding hydrogens is 298 g/mol. The Morgan fingerprint density at radius 1 is 1.33 bits per heavy atom. The minimum absolute atomic E-state index is 0.0157. The number of hydrogen-bond donors (Lipinski definition) is 3. The van der Waals surface area contributed by atoms with Crippen LogP contribution in [0.25, 0.3) is 0 Å². The maximum Gasteiger partial charge on any atom is 0.336 e. The van der Waals surface area contributed by atoms with E-state index in [0.29, 0.717) is 16.9 Å². The van der Waals surface area contributed by atoms with Crippen LogP contribution in [0.3, 0.4) is 0 Å². The molecule has 118 valence electrons. The Morgan fingerprint density at radius 2 is 1.90 bits per heavy atom. The lowest BCUT2D eigenvalue weighted by Gasteiger charge is -2.19. The molecule has 0 aliphatic heterocycles. The highest BCUT2D eigenvalue weighted by Crippen LogP contribution is 2.26. The third-order valence-corrected chi connectivity index (χ3v) is 4.81. The molecule has 0 radical (unpaired) electrons. The summed E-state index contributed by atoms with van der Waals surface area (Å²) in [4.78, 5) is 10.8. The van der Waals surface area contributed by atoms with Crippen molar-refractivity contribution in [2.75, 3.05) is 13.7 Å². The molecule has 1 atom stereocenters. The first-order chi connectivity index (χ1) is 9.53. The number of ether oxygens (including phenoxy) is 1. The second-order valence-electron chi connectivity index (χ2n) is 4.92. The van der Waals surface area contributed by atoms with Gasteiger partial charge in [-0.2, -0.15) is 0 Å². The summed E-state index contributed by atoms with van der Waals surface area (Å²) in [6, 6.07) is 2.89. The van der Waals surface area contributed by atoms with E-state index in [1.807, 2.05) is 0 Å². The first-order valence-corrected chi connectivity index (χ1v) is 7.61. The first-order valence-electron chi connectivity index (χ1n) is 6.12. The molecule has 0 aromatic heterocycles. The van der Waals surface area contributed by atoms with Gasteiger partial charge in [-0.05, 0) is 44.0 Å². The van der Waals surface area contributed by atoms with E-state index in [2.05, 4.69) is 4.72 Å². The Labute approximate surface area is 123 Å². The van der Waals surface area contributed by atoms with E-state index in [1.54, 1.807) is 13.8 Å². The lowest BCUT2D eigenvalue weighted by molar-refractivity contribution is -0.155. The van der Waals surface area contributed by atoms with E-state index in [4.69, 9.17) is 9.84 Å². The number of carboxylic acid groups (broad SMARTS) is 1. The van der Waals surface area contributed by atoms with E-state index >= 15 is 0 Å². The summed E-state index contributed by atoms with van der Waals surface area (Å²) in [6.45, 7) is 3.74. The van der Waals surface area contributed by atoms with Crippen molar-refractivity contribution in [3.05, 3.63) is 23.3 Å². The number of benzene rings is 1. The lowest BCUT2D eigenvalue weighted by Crippen LogP contribution is -2.46. The highest BCUT2D eigenvalue weighted by Gasteiger charge is 2.32. The maximum absolute atomic E-state index is 12.2. The van der Waals surface area contributed by atoms with Crippen LogP contribution in [0, 0.1) is 13.8 Å². The third kappa shape index (κ3) is 3.72. The second-order valence-corrected chi connectivity index (χ2v) is 6.65. The van der Waals surface area contributed by atoms with Crippen molar-refractivity contribution < 1.29 is 28.2 Å². The molecule has 0 heterocycles. The van der Waals surface area contributed by atoms with Gasteiger partial charge in [0.1, 0.15) is 5.75 Å².